The van der Waals surface area contributed by atoms with Crippen LogP contribution in [0.1, 0.15) is 42.9 Å². The van der Waals surface area contributed by atoms with Gasteiger partial charge >= 0.3 is 0 Å². The first-order valence-corrected chi connectivity index (χ1v) is 9.28. The van der Waals surface area contributed by atoms with Crippen LogP contribution in [0.5, 0.6) is 0 Å². The minimum atomic E-state index is -2.68. The van der Waals surface area contributed by atoms with E-state index in [0.717, 1.165) is 29.1 Å². The van der Waals surface area contributed by atoms with Crippen LogP contribution in [0.15, 0.2) is 18.5 Å². The Balaban J connectivity index is 1.98. The van der Waals surface area contributed by atoms with E-state index in [1.807, 2.05) is 43.3 Å². The van der Waals surface area contributed by atoms with Gasteiger partial charge in [0.15, 0.2) is 0 Å². The Labute approximate surface area is 163 Å². The van der Waals surface area contributed by atoms with E-state index in [-0.39, 0.29) is 11.6 Å². The second-order valence-electron chi connectivity index (χ2n) is 6.69. The number of anilines is 1. The molecule has 0 N–H and O–H groups in total. The summed E-state index contributed by atoms with van der Waals surface area (Å²) in [5.41, 5.74) is 3.68. The zero-order valence-corrected chi connectivity index (χ0v) is 16.8. The van der Waals surface area contributed by atoms with Gasteiger partial charge in [0.25, 0.3) is 6.43 Å². The van der Waals surface area contributed by atoms with Gasteiger partial charge < -0.3 is 4.90 Å². The molecule has 0 aliphatic carbocycles. The summed E-state index contributed by atoms with van der Waals surface area (Å²) in [6, 6.07) is 1.34. The van der Waals surface area contributed by atoms with Crippen molar-refractivity contribution in [1.82, 2.24) is 29.5 Å². The SMILES string of the molecule is CCn1cc(CN(C)c2nc(-c3cnn(CC)c3C)cc(C(F)F)n2)c(C)n1. The largest absolute Gasteiger partial charge is 0.339 e. The highest BCUT2D eigenvalue weighted by Crippen LogP contribution is 2.28. The van der Waals surface area contributed by atoms with Crippen molar-refractivity contribution in [2.24, 2.45) is 0 Å². The molecular weight excluding hydrogens is 364 g/mol. The molecule has 3 aromatic heterocycles. The molecule has 0 spiro atoms. The molecule has 9 heteroatoms. The van der Waals surface area contributed by atoms with Gasteiger partial charge in [-0.3, -0.25) is 9.36 Å². The predicted octanol–water partition coefficient (Wildman–Crippen LogP) is 3.77. The zero-order valence-electron chi connectivity index (χ0n) is 16.8. The van der Waals surface area contributed by atoms with Gasteiger partial charge in [0.1, 0.15) is 5.69 Å². The number of hydrogen-bond acceptors (Lipinski definition) is 5. The fourth-order valence-electron chi connectivity index (χ4n) is 3.09. The number of nitrogens with zero attached hydrogens (tertiary/aromatic N) is 7. The first-order chi connectivity index (χ1) is 13.3. The molecule has 3 rings (SSSR count). The second kappa shape index (κ2) is 8.04. The van der Waals surface area contributed by atoms with Gasteiger partial charge in [-0.05, 0) is 33.8 Å². The fourth-order valence-corrected chi connectivity index (χ4v) is 3.09. The Morgan fingerprint density at radius 3 is 2.46 bits per heavy atom. The van der Waals surface area contributed by atoms with Gasteiger partial charge in [-0.25, -0.2) is 18.7 Å². The van der Waals surface area contributed by atoms with Crippen molar-refractivity contribution < 1.29 is 8.78 Å². The molecule has 28 heavy (non-hydrogen) atoms. The third-order valence-corrected chi connectivity index (χ3v) is 4.76. The molecule has 0 saturated heterocycles. The van der Waals surface area contributed by atoms with Crippen LogP contribution in [0.4, 0.5) is 14.7 Å². The molecule has 0 aromatic carbocycles. The predicted molar refractivity (Wildman–Crippen MR) is 103 cm³/mol. The average molecular weight is 389 g/mol. The molecule has 0 radical (unpaired) electrons. The highest BCUT2D eigenvalue weighted by molar-refractivity contribution is 5.63. The average Bonchev–Trinajstić information content (AvgIpc) is 3.23. The summed E-state index contributed by atoms with van der Waals surface area (Å²) in [7, 11) is 1.79. The van der Waals surface area contributed by atoms with E-state index in [4.69, 9.17) is 0 Å². The monoisotopic (exact) mass is 389 g/mol. The molecular formula is C19H25F2N7. The Kier molecular flexibility index (Phi) is 5.71. The first kappa shape index (κ1) is 19.9. The third kappa shape index (κ3) is 3.88. The molecule has 3 heterocycles. The summed E-state index contributed by atoms with van der Waals surface area (Å²) >= 11 is 0. The van der Waals surface area contributed by atoms with Crippen LogP contribution >= 0.6 is 0 Å². The third-order valence-electron chi connectivity index (χ3n) is 4.76. The number of rotatable bonds is 7. The van der Waals surface area contributed by atoms with Crippen molar-refractivity contribution in [3.8, 4) is 11.3 Å². The Morgan fingerprint density at radius 2 is 1.89 bits per heavy atom. The molecule has 150 valence electrons. The van der Waals surface area contributed by atoms with Crippen molar-refractivity contribution in [3.63, 3.8) is 0 Å². The molecule has 0 atom stereocenters. The first-order valence-electron chi connectivity index (χ1n) is 9.28. The van der Waals surface area contributed by atoms with Crippen LogP contribution < -0.4 is 4.90 Å². The van der Waals surface area contributed by atoms with Crippen molar-refractivity contribution >= 4 is 5.95 Å². The maximum absolute atomic E-state index is 13.5. The lowest BCUT2D eigenvalue weighted by Gasteiger charge is -2.18. The number of alkyl halides is 2. The van der Waals surface area contributed by atoms with E-state index in [9.17, 15) is 8.78 Å². The van der Waals surface area contributed by atoms with E-state index in [2.05, 4.69) is 20.2 Å². The van der Waals surface area contributed by atoms with Crippen LogP contribution in [0.25, 0.3) is 11.3 Å². The maximum Gasteiger partial charge on any atom is 0.280 e. The van der Waals surface area contributed by atoms with E-state index < -0.39 is 6.43 Å². The quantitative estimate of drug-likeness (QED) is 0.615. The van der Waals surface area contributed by atoms with Gasteiger partial charge in [0.05, 0.1) is 17.6 Å². The van der Waals surface area contributed by atoms with Crippen LogP contribution in [0.3, 0.4) is 0 Å². The van der Waals surface area contributed by atoms with Crippen molar-refractivity contribution in [3.05, 3.63) is 41.1 Å². The van der Waals surface area contributed by atoms with Gasteiger partial charge in [-0.15, -0.1) is 0 Å². The molecule has 0 aliphatic heterocycles. The van der Waals surface area contributed by atoms with Crippen LogP contribution in [0, 0.1) is 13.8 Å². The number of aryl methyl sites for hydroxylation is 3. The topological polar surface area (TPSA) is 64.7 Å². The van der Waals surface area contributed by atoms with Gasteiger partial charge in [-0.1, -0.05) is 0 Å². The lowest BCUT2D eigenvalue weighted by atomic mass is 10.1. The molecule has 0 fully saturated rings. The molecule has 0 unspecified atom stereocenters. The summed E-state index contributed by atoms with van der Waals surface area (Å²) in [4.78, 5) is 10.4. The lowest BCUT2D eigenvalue weighted by Crippen LogP contribution is -2.20. The van der Waals surface area contributed by atoms with E-state index >= 15 is 0 Å². The summed E-state index contributed by atoms with van der Waals surface area (Å²) < 4.78 is 30.6. The normalized spacial score (nSPS) is 11.4. The van der Waals surface area contributed by atoms with Crippen LogP contribution in [-0.4, -0.2) is 36.6 Å². The van der Waals surface area contributed by atoms with E-state index in [0.29, 0.717) is 18.8 Å². The fraction of sp³-hybridized carbons (Fsp3) is 0.474. The number of hydrogen-bond donors (Lipinski definition) is 0. The van der Waals surface area contributed by atoms with Gasteiger partial charge in [0, 0.05) is 49.7 Å². The smallest absolute Gasteiger partial charge is 0.280 e. The molecule has 0 bridgehead atoms. The highest BCUT2D eigenvalue weighted by Gasteiger charge is 2.19. The standard InChI is InChI=1S/C19H25F2N7/c1-6-27-11-14(12(3)25-27)10-26(5)19-23-16(8-17(24-19)18(20)21)15-9-22-28(7-2)13(15)4/h8-9,11,18H,6-7,10H2,1-5H3. The minimum Gasteiger partial charge on any atom is -0.339 e. The van der Waals surface area contributed by atoms with E-state index in [1.165, 1.54) is 6.07 Å². The highest BCUT2D eigenvalue weighted by atomic mass is 19.3. The molecule has 3 aromatic rings. The molecule has 0 saturated carbocycles. The lowest BCUT2D eigenvalue weighted by molar-refractivity contribution is 0.146. The maximum atomic E-state index is 13.5. The number of halogens is 2. The Morgan fingerprint density at radius 1 is 1.14 bits per heavy atom. The summed E-state index contributed by atoms with van der Waals surface area (Å²) in [6.07, 6.45) is 0.939. The summed E-state index contributed by atoms with van der Waals surface area (Å²) in [5, 5.41) is 8.72. The van der Waals surface area contributed by atoms with Crippen molar-refractivity contribution in [2.75, 3.05) is 11.9 Å². The Hall–Kier alpha value is -2.84. The molecule has 7 nitrogen and oxygen atoms in total. The number of aromatic nitrogens is 6. The summed E-state index contributed by atoms with van der Waals surface area (Å²) in [5.74, 6) is 0.250. The molecule has 0 aliphatic rings. The second-order valence-corrected chi connectivity index (χ2v) is 6.69. The zero-order chi connectivity index (χ0) is 20.4. The van der Waals surface area contributed by atoms with Crippen molar-refractivity contribution in [2.45, 2.75) is 53.8 Å². The minimum absolute atomic E-state index is 0.250. The van der Waals surface area contributed by atoms with Gasteiger partial charge in [-0.2, -0.15) is 10.2 Å². The van der Waals surface area contributed by atoms with Crippen LogP contribution in [0.2, 0.25) is 0 Å². The Bertz CT molecular complexity index is 961. The van der Waals surface area contributed by atoms with E-state index in [1.54, 1.807) is 18.1 Å². The summed E-state index contributed by atoms with van der Waals surface area (Å²) in [6.45, 7) is 9.78. The van der Waals surface area contributed by atoms with Gasteiger partial charge in [0.2, 0.25) is 5.95 Å². The van der Waals surface area contributed by atoms with Crippen LogP contribution in [-0.2, 0) is 19.6 Å². The van der Waals surface area contributed by atoms with Crippen molar-refractivity contribution in [1.29, 1.82) is 0 Å². The molecule has 0 amide bonds.